The highest BCUT2D eigenvalue weighted by Crippen LogP contribution is 2.23. The summed E-state index contributed by atoms with van der Waals surface area (Å²) in [6, 6.07) is 5.63. The maximum Gasteiger partial charge on any atom is 0.310 e. The molecule has 0 radical (unpaired) electrons. The third kappa shape index (κ3) is 4.11. The Balaban J connectivity index is 2.02. The Bertz CT molecular complexity index is 711. The summed E-state index contributed by atoms with van der Waals surface area (Å²) in [5.74, 6) is 0.392. The first-order chi connectivity index (χ1) is 10.2. The minimum absolute atomic E-state index is 0.0350. The second-order valence-corrected chi connectivity index (χ2v) is 8.75. The molecule has 1 heterocycles. The number of rotatable bonds is 6. The summed E-state index contributed by atoms with van der Waals surface area (Å²) >= 11 is 0. The van der Waals surface area contributed by atoms with Gasteiger partial charge in [-0.2, -0.15) is 8.42 Å². The van der Waals surface area contributed by atoms with Crippen molar-refractivity contribution in [3.8, 4) is 11.5 Å². The van der Waals surface area contributed by atoms with Crippen molar-refractivity contribution >= 4 is 20.1 Å². The molecule has 1 atom stereocenters. The van der Waals surface area contributed by atoms with Gasteiger partial charge in [-0.1, -0.05) is 0 Å². The predicted octanol–water partition coefficient (Wildman–Crippen LogP) is 0.828. The van der Waals surface area contributed by atoms with Crippen molar-refractivity contribution < 1.29 is 25.8 Å². The summed E-state index contributed by atoms with van der Waals surface area (Å²) in [5.41, 5.74) is 0. The lowest BCUT2D eigenvalue weighted by molar-refractivity contribution is 0.340. The number of hydrogen-bond acceptors (Lipinski definition) is 6. The van der Waals surface area contributed by atoms with Crippen LogP contribution in [0.25, 0.3) is 0 Å². The van der Waals surface area contributed by atoms with Crippen LogP contribution in [0.15, 0.2) is 24.3 Å². The lowest BCUT2D eigenvalue weighted by Gasteiger charge is -2.17. The highest BCUT2D eigenvalue weighted by Gasteiger charge is 2.37. The standard InChI is InChI=1S/C13H19NO6S2/c1-3-19-12-4-6-13(7-5-12)20-22(17,18)10-11-8-9-21(15,16)14(11)2/h4-7,11H,3,8-10H2,1-2H3. The molecule has 1 aliphatic rings. The van der Waals surface area contributed by atoms with Gasteiger partial charge in [0.05, 0.1) is 12.4 Å². The van der Waals surface area contributed by atoms with E-state index >= 15 is 0 Å². The van der Waals surface area contributed by atoms with Gasteiger partial charge in [0.15, 0.2) is 0 Å². The Kier molecular flexibility index (Phi) is 4.98. The molecule has 7 nitrogen and oxygen atoms in total. The SMILES string of the molecule is CCOc1ccc(OS(=O)(=O)CC2CCS(=O)(=O)N2C)cc1. The van der Waals surface area contributed by atoms with E-state index in [-0.39, 0.29) is 23.7 Å². The first-order valence-corrected chi connectivity index (χ1v) is 10.0. The van der Waals surface area contributed by atoms with Crippen molar-refractivity contribution in [2.24, 2.45) is 0 Å². The number of benzene rings is 1. The summed E-state index contributed by atoms with van der Waals surface area (Å²) in [4.78, 5) is 0. The van der Waals surface area contributed by atoms with Crippen LogP contribution in [-0.2, 0) is 20.1 Å². The summed E-state index contributed by atoms with van der Waals surface area (Å²) in [6.07, 6.45) is 0.282. The summed E-state index contributed by atoms with van der Waals surface area (Å²) in [7, 11) is -5.82. The molecule has 1 saturated heterocycles. The van der Waals surface area contributed by atoms with Crippen LogP contribution in [0.3, 0.4) is 0 Å². The molecule has 0 aromatic heterocycles. The van der Waals surface area contributed by atoms with E-state index in [9.17, 15) is 16.8 Å². The third-order valence-electron chi connectivity index (χ3n) is 3.42. The fraction of sp³-hybridized carbons (Fsp3) is 0.538. The number of hydrogen-bond donors (Lipinski definition) is 0. The van der Waals surface area contributed by atoms with Crippen LogP contribution in [0.2, 0.25) is 0 Å². The van der Waals surface area contributed by atoms with Crippen LogP contribution in [0.5, 0.6) is 11.5 Å². The van der Waals surface area contributed by atoms with Gasteiger partial charge in [-0.05, 0) is 37.6 Å². The van der Waals surface area contributed by atoms with Gasteiger partial charge in [0.1, 0.15) is 17.3 Å². The average Bonchev–Trinajstić information content (AvgIpc) is 2.68. The maximum absolute atomic E-state index is 12.0. The monoisotopic (exact) mass is 349 g/mol. The zero-order valence-electron chi connectivity index (χ0n) is 12.4. The summed E-state index contributed by atoms with van der Waals surface area (Å²) in [5, 5.41) is 0. The van der Waals surface area contributed by atoms with E-state index in [1.807, 2.05) is 6.92 Å². The van der Waals surface area contributed by atoms with E-state index in [0.717, 1.165) is 4.31 Å². The molecule has 0 spiro atoms. The minimum Gasteiger partial charge on any atom is -0.494 e. The number of nitrogens with zero attached hydrogens (tertiary/aromatic N) is 1. The fourth-order valence-corrected chi connectivity index (χ4v) is 5.12. The van der Waals surface area contributed by atoms with Gasteiger partial charge < -0.3 is 8.92 Å². The van der Waals surface area contributed by atoms with Gasteiger partial charge >= 0.3 is 10.1 Å². The first-order valence-electron chi connectivity index (χ1n) is 6.84. The van der Waals surface area contributed by atoms with Crippen molar-refractivity contribution in [1.29, 1.82) is 0 Å². The molecule has 1 fully saturated rings. The lowest BCUT2D eigenvalue weighted by atomic mass is 10.3. The number of sulfonamides is 1. The summed E-state index contributed by atoms with van der Waals surface area (Å²) in [6.45, 7) is 2.36. The topological polar surface area (TPSA) is 90.0 Å². The normalized spacial score (nSPS) is 21.6. The second kappa shape index (κ2) is 6.43. The van der Waals surface area contributed by atoms with Crippen LogP contribution >= 0.6 is 0 Å². The molecular formula is C13H19NO6S2. The molecule has 0 aliphatic carbocycles. The maximum atomic E-state index is 12.0. The smallest absolute Gasteiger partial charge is 0.310 e. The van der Waals surface area contributed by atoms with Crippen molar-refractivity contribution in [3.05, 3.63) is 24.3 Å². The molecule has 0 bridgehead atoms. The molecular weight excluding hydrogens is 330 g/mol. The van der Waals surface area contributed by atoms with E-state index in [4.69, 9.17) is 8.92 Å². The van der Waals surface area contributed by atoms with E-state index in [2.05, 4.69) is 0 Å². The molecule has 2 rings (SSSR count). The molecule has 0 saturated carbocycles. The third-order valence-corrected chi connectivity index (χ3v) is 6.58. The molecule has 1 aliphatic heterocycles. The van der Waals surface area contributed by atoms with Gasteiger partial charge in [0.2, 0.25) is 10.0 Å². The minimum atomic E-state index is -3.87. The molecule has 0 amide bonds. The zero-order valence-corrected chi connectivity index (χ0v) is 14.1. The molecule has 1 unspecified atom stereocenters. The molecule has 22 heavy (non-hydrogen) atoms. The molecule has 124 valence electrons. The number of ether oxygens (including phenoxy) is 1. The average molecular weight is 349 g/mol. The Morgan fingerprint density at radius 1 is 1.23 bits per heavy atom. The second-order valence-electron chi connectivity index (χ2n) is 4.99. The Hall–Kier alpha value is -1.32. The van der Waals surface area contributed by atoms with E-state index in [0.29, 0.717) is 12.4 Å². The van der Waals surface area contributed by atoms with Crippen LogP contribution in [0, 0.1) is 0 Å². The van der Waals surface area contributed by atoms with Crippen molar-refractivity contribution in [2.45, 2.75) is 19.4 Å². The molecule has 0 N–H and O–H groups in total. The van der Waals surface area contributed by atoms with Gasteiger partial charge in [-0.25, -0.2) is 12.7 Å². The van der Waals surface area contributed by atoms with Gasteiger partial charge in [-0.15, -0.1) is 0 Å². The predicted molar refractivity (Wildman–Crippen MR) is 82.0 cm³/mol. The van der Waals surface area contributed by atoms with Crippen molar-refractivity contribution in [3.63, 3.8) is 0 Å². The molecule has 1 aromatic rings. The van der Waals surface area contributed by atoms with Crippen LogP contribution in [0.4, 0.5) is 0 Å². The van der Waals surface area contributed by atoms with E-state index in [1.165, 1.54) is 19.2 Å². The molecule has 9 heteroatoms. The zero-order chi connectivity index (χ0) is 16.4. The Labute approximate surface area is 131 Å². The van der Waals surface area contributed by atoms with Gasteiger partial charge in [0, 0.05) is 13.1 Å². The van der Waals surface area contributed by atoms with Crippen LogP contribution in [-0.4, -0.2) is 52.3 Å². The highest BCUT2D eigenvalue weighted by atomic mass is 32.2. The Morgan fingerprint density at radius 3 is 2.32 bits per heavy atom. The van der Waals surface area contributed by atoms with E-state index in [1.54, 1.807) is 12.1 Å². The Morgan fingerprint density at radius 2 is 1.82 bits per heavy atom. The van der Waals surface area contributed by atoms with Crippen molar-refractivity contribution in [1.82, 2.24) is 4.31 Å². The summed E-state index contributed by atoms with van der Waals surface area (Å²) < 4.78 is 58.6. The van der Waals surface area contributed by atoms with E-state index < -0.39 is 26.2 Å². The van der Waals surface area contributed by atoms with Gasteiger partial charge in [-0.3, -0.25) is 0 Å². The van der Waals surface area contributed by atoms with Gasteiger partial charge in [0.25, 0.3) is 0 Å². The van der Waals surface area contributed by atoms with Crippen LogP contribution < -0.4 is 8.92 Å². The van der Waals surface area contributed by atoms with Crippen LogP contribution in [0.1, 0.15) is 13.3 Å². The molecule has 1 aromatic carbocycles. The lowest BCUT2D eigenvalue weighted by Crippen LogP contribution is -2.35. The fourth-order valence-electron chi connectivity index (χ4n) is 2.20. The highest BCUT2D eigenvalue weighted by molar-refractivity contribution is 7.89. The first kappa shape index (κ1) is 17.0. The van der Waals surface area contributed by atoms with Crippen molar-refractivity contribution in [2.75, 3.05) is 25.2 Å². The quantitative estimate of drug-likeness (QED) is 0.707. The largest absolute Gasteiger partial charge is 0.494 e.